The molecule has 0 amide bonds. The van der Waals surface area contributed by atoms with E-state index in [0.29, 0.717) is 22.6 Å². The third-order valence-electron chi connectivity index (χ3n) is 5.90. The Kier molecular flexibility index (Phi) is 8.17. The van der Waals surface area contributed by atoms with Crippen molar-refractivity contribution in [2.75, 3.05) is 6.26 Å². The zero-order valence-corrected chi connectivity index (χ0v) is 23.3. The van der Waals surface area contributed by atoms with Crippen molar-refractivity contribution in [2.24, 2.45) is 0 Å². The maximum atomic E-state index is 13.6. The van der Waals surface area contributed by atoms with Gasteiger partial charge in [-0.05, 0) is 65.8 Å². The minimum Gasteiger partial charge on any atom is -0.358 e. The molecular formula is C27H34N2O4S2. The van der Waals surface area contributed by atoms with Gasteiger partial charge in [-0.3, -0.25) is 9.36 Å². The summed E-state index contributed by atoms with van der Waals surface area (Å²) in [5, 5.41) is 0. The molecule has 1 heterocycles. The van der Waals surface area contributed by atoms with Crippen LogP contribution < -0.4 is 9.74 Å². The summed E-state index contributed by atoms with van der Waals surface area (Å²) in [5.41, 5.74) is 2.75. The average Bonchev–Trinajstić information content (AvgIpc) is 2.77. The van der Waals surface area contributed by atoms with Gasteiger partial charge in [0, 0.05) is 4.90 Å². The number of nitrogens with zero attached hydrogens (tertiary/aromatic N) is 2. The lowest BCUT2D eigenvalue weighted by molar-refractivity contribution is 0.469. The summed E-state index contributed by atoms with van der Waals surface area (Å²) in [4.78, 5) is 18.5. The van der Waals surface area contributed by atoms with Crippen LogP contribution in [-0.2, 0) is 10.1 Å². The molecule has 8 heteroatoms. The lowest BCUT2D eigenvalue weighted by Crippen LogP contribution is -2.23. The molecule has 0 spiro atoms. The first-order valence-corrected chi connectivity index (χ1v) is 14.4. The molecule has 0 aliphatic heterocycles. The normalized spacial score (nSPS) is 12.1. The highest BCUT2D eigenvalue weighted by molar-refractivity contribution is 7.98. The molecule has 0 saturated carbocycles. The summed E-state index contributed by atoms with van der Waals surface area (Å²) in [6.45, 7) is 13.7. The van der Waals surface area contributed by atoms with Gasteiger partial charge in [-0.1, -0.05) is 59.7 Å². The fourth-order valence-electron chi connectivity index (χ4n) is 4.01. The van der Waals surface area contributed by atoms with Crippen LogP contribution >= 0.6 is 11.8 Å². The van der Waals surface area contributed by atoms with Gasteiger partial charge in [0.2, 0.25) is 5.88 Å². The van der Waals surface area contributed by atoms with Crippen LogP contribution in [0.2, 0.25) is 0 Å². The Bertz CT molecular complexity index is 1360. The number of benzene rings is 2. The first-order valence-electron chi connectivity index (χ1n) is 11.7. The van der Waals surface area contributed by atoms with E-state index < -0.39 is 15.7 Å². The predicted molar refractivity (Wildman–Crippen MR) is 143 cm³/mol. The molecule has 0 bridgehead atoms. The molecule has 188 valence electrons. The van der Waals surface area contributed by atoms with E-state index in [9.17, 15) is 13.2 Å². The third-order valence-corrected chi connectivity index (χ3v) is 7.99. The molecule has 0 atom stereocenters. The molecule has 0 saturated heterocycles. The number of aromatic nitrogens is 2. The van der Waals surface area contributed by atoms with Crippen LogP contribution in [-0.4, -0.2) is 24.2 Å². The molecule has 3 rings (SSSR count). The van der Waals surface area contributed by atoms with Gasteiger partial charge in [0.15, 0.2) is 0 Å². The molecule has 0 fully saturated rings. The van der Waals surface area contributed by atoms with E-state index in [4.69, 9.17) is 4.18 Å². The van der Waals surface area contributed by atoms with Gasteiger partial charge in [0.1, 0.15) is 10.7 Å². The number of aryl methyl sites for hydroxylation is 1. The minimum atomic E-state index is -4.24. The van der Waals surface area contributed by atoms with Crippen molar-refractivity contribution in [3.8, 4) is 11.6 Å². The van der Waals surface area contributed by atoms with E-state index in [1.807, 2.05) is 70.3 Å². The Hall–Kier alpha value is -2.58. The van der Waals surface area contributed by atoms with Gasteiger partial charge in [0.05, 0.1) is 11.8 Å². The molecule has 2 aromatic carbocycles. The lowest BCUT2D eigenvalue weighted by atomic mass is 9.89. The van der Waals surface area contributed by atoms with E-state index >= 15 is 0 Å². The topological polar surface area (TPSA) is 78.3 Å². The first-order chi connectivity index (χ1) is 16.4. The van der Waals surface area contributed by atoms with E-state index in [2.05, 4.69) is 18.8 Å². The summed E-state index contributed by atoms with van der Waals surface area (Å²) in [5.74, 6) is 0.285. The molecule has 3 aromatic rings. The third kappa shape index (κ3) is 5.81. The van der Waals surface area contributed by atoms with Crippen LogP contribution in [0.5, 0.6) is 5.88 Å². The van der Waals surface area contributed by atoms with Gasteiger partial charge in [-0.2, -0.15) is 13.4 Å². The predicted octanol–water partition coefficient (Wildman–Crippen LogP) is 6.40. The fraction of sp³-hybridized carbons (Fsp3) is 0.407. The summed E-state index contributed by atoms with van der Waals surface area (Å²) >= 11 is 1.57. The number of hydrogen-bond donors (Lipinski definition) is 0. The average molecular weight is 515 g/mol. The summed E-state index contributed by atoms with van der Waals surface area (Å²) in [6.07, 6.45) is 1.96. The highest BCUT2D eigenvalue weighted by Gasteiger charge is 2.29. The van der Waals surface area contributed by atoms with Crippen LogP contribution in [0.1, 0.15) is 81.8 Å². The van der Waals surface area contributed by atoms with Gasteiger partial charge >= 0.3 is 10.1 Å². The van der Waals surface area contributed by atoms with Gasteiger partial charge in [-0.25, -0.2) is 0 Å². The first kappa shape index (κ1) is 27.0. The highest BCUT2D eigenvalue weighted by atomic mass is 32.2. The van der Waals surface area contributed by atoms with Crippen LogP contribution in [0, 0.1) is 6.92 Å². The lowest BCUT2D eigenvalue weighted by Gasteiger charge is -2.22. The smallest absolute Gasteiger partial charge is 0.341 e. The van der Waals surface area contributed by atoms with E-state index in [0.717, 1.165) is 16.5 Å². The van der Waals surface area contributed by atoms with E-state index in [-0.39, 0.29) is 28.5 Å². The van der Waals surface area contributed by atoms with Gasteiger partial charge < -0.3 is 4.18 Å². The second kappa shape index (κ2) is 10.6. The number of thioether (sulfide) groups is 1. The summed E-state index contributed by atoms with van der Waals surface area (Å²) < 4.78 is 34.2. The van der Waals surface area contributed by atoms with Crippen molar-refractivity contribution in [2.45, 2.75) is 76.0 Å². The van der Waals surface area contributed by atoms with Crippen molar-refractivity contribution >= 4 is 21.9 Å². The quantitative estimate of drug-likeness (QED) is 0.256. The Morgan fingerprint density at radius 3 is 2.00 bits per heavy atom. The van der Waals surface area contributed by atoms with Gasteiger partial charge in [0.25, 0.3) is 5.56 Å². The Morgan fingerprint density at radius 1 is 0.914 bits per heavy atom. The zero-order valence-electron chi connectivity index (χ0n) is 21.6. The van der Waals surface area contributed by atoms with Crippen LogP contribution in [0.4, 0.5) is 0 Å². The molecule has 0 N–H and O–H groups in total. The van der Waals surface area contributed by atoms with Crippen LogP contribution in [0.25, 0.3) is 5.69 Å². The summed E-state index contributed by atoms with van der Waals surface area (Å²) in [6, 6.07) is 12.5. The number of hydrogen-bond acceptors (Lipinski definition) is 6. The van der Waals surface area contributed by atoms with E-state index in [1.165, 1.54) is 4.57 Å². The molecule has 0 radical (unpaired) electrons. The fourth-order valence-corrected chi connectivity index (χ4v) is 6.02. The number of rotatable bonds is 8. The molecule has 0 unspecified atom stereocenters. The van der Waals surface area contributed by atoms with E-state index in [1.54, 1.807) is 18.7 Å². The van der Waals surface area contributed by atoms with Crippen molar-refractivity contribution < 1.29 is 12.6 Å². The largest absolute Gasteiger partial charge is 0.358 e. The van der Waals surface area contributed by atoms with Crippen LogP contribution in [0.3, 0.4) is 0 Å². The van der Waals surface area contributed by atoms with Gasteiger partial charge in [-0.15, -0.1) is 11.8 Å². The molecule has 1 aromatic heterocycles. The van der Waals surface area contributed by atoms with Crippen LogP contribution in [0.15, 0.2) is 57.1 Å². The highest BCUT2D eigenvalue weighted by Crippen LogP contribution is 2.36. The Balaban J connectivity index is 2.12. The molecule has 0 aliphatic carbocycles. The monoisotopic (exact) mass is 514 g/mol. The van der Waals surface area contributed by atoms with Crippen molar-refractivity contribution in [3.63, 3.8) is 0 Å². The molecule has 6 nitrogen and oxygen atoms in total. The maximum Gasteiger partial charge on any atom is 0.341 e. The SMILES string of the molecule is CSc1cccc(-n2c(C)nc(OS(=O)(=O)c3c(C(C)C)cc(C(C)C)cc3C(C)C)cc2=O)c1. The zero-order chi connectivity index (χ0) is 26.1. The van der Waals surface area contributed by atoms with Crippen molar-refractivity contribution in [1.82, 2.24) is 9.55 Å². The second-order valence-corrected chi connectivity index (χ2v) is 11.9. The summed E-state index contributed by atoms with van der Waals surface area (Å²) in [7, 11) is -4.24. The Morgan fingerprint density at radius 2 is 1.51 bits per heavy atom. The molecular weight excluding hydrogens is 480 g/mol. The minimum absolute atomic E-state index is 0.0361. The van der Waals surface area contributed by atoms with Crippen molar-refractivity contribution in [3.05, 3.63) is 75.3 Å². The maximum absolute atomic E-state index is 13.6. The standard InChI is InChI=1S/C27H34N2O4S2/c1-16(2)20-12-23(17(3)4)27(24(13-20)18(5)6)35(31,32)33-25-15-26(30)29(19(7)28-25)21-10-9-11-22(14-21)34-8/h9-18H,1-8H3. The molecule has 35 heavy (non-hydrogen) atoms. The van der Waals surface area contributed by atoms with Crippen molar-refractivity contribution in [1.29, 1.82) is 0 Å². The molecule has 0 aliphatic rings. The Labute approximate surface area is 212 Å². The second-order valence-electron chi connectivity index (χ2n) is 9.55.